The van der Waals surface area contributed by atoms with Crippen LogP contribution in [0.4, 0.5) is 0 Å². The molecule has 0 saturated heterocycles. The topological polar surface area (TPSA) is 0 Å². The summed E-state index contributed by atoms with van der Waals surface area (Å²) in [6.07, 6.45) is 0. The molecule has 3 aromatic rings. The summed E-state index contributed by atoms with van der Waals surface area (Å²) >= 11 is 0. The van der Waals surface area contributed by atoms with Gasteiger partial charge in [-0.1, -0.05) is 97.0 Å². The number of aryl methyl sites for hydroxylation is 2. The largest absolute Gasteiger partial charge is 0.0587 e. The fourth-order valence-corrected chi connectivity index (χ4v) is 4.81. The molecule has 0 aliphatic heterocycles. The Hall–Kier alpha value is -2.34. The zero-order chi connectivity index (χ0) is 23.1. The van der Waals surface area contributed by atoms with Crippen LogP contribution in [0.1, 0.15) is 93.7 Å². The lowest BCUT2D eigenvalue weighted by Crippen LogP contribution is -2.12. The van der Waals surface area contributed by atoms with E-state index in [9.17, 15) is 0 Å². The maximum Gasteiger partial charge on any atom is -0.0125 e. The number of rotatable bonds is 4. The van der Waals surface area contributed by atoms with Crippen LogP contribution in [-0.4, -0.2) is 0 Å². The van der Waals surface area contributed by atoms with E-state index in [4.69, 9.17) is 0 Å². The standard InChI is InChI=1S/C31H40/c1-19(2)28-17-26(18-29(20(3)4)23(28)7)24-11-13-25(14-12-24)30-21(5)15-27(16-22(30)6)31(8,9)10/h11-20H,1-10H3. The molecule has 0 spiro atoms. The van der Waals surface area contributed by atoms with Crippen LogP contribution < -0.4 is 0 Å². The number of hydrogen-bond acceptors (Lipinski definition) is 0. The second-order valence-electron chi connectivity index (χ2n) is 10.9. The molecule has 0 heterocycles. The quantitative estimate of drug-likeness (QED) is 0.400. The molecule has 31 heavy (non-hydrogen) atoms. The summed E-state index contributed by atoms with van der Waals surface area (Å²) in [6.45, 7) is 22.8. The van der Waals surface area contributed by atoms with Gasteiger partial charge in [-0.25, -0.2) is 0 Å². The minimum Gasteiger partial charge on any atom is -0.0587 e. The van der Waals surface area contributed by atoms with Gasteiger partial charge in [0, 0.05) is 0 Å². The van der Waals surface area contributed by atoms with Crippen LogP contribution in [0.25, 0.3) is 22.3 Å². The first-order valence-electron chi connectivity index (χ1n) is 11.8. The highest BCUT2D eigenvalue weighted by Gasteiger charge is 2.17. The van der Waals surface area contributed by atoms with Crippen molar-refractivity contribution in [2.45, 2.75) is 86.5 Å². The van der Waals surface area contributed by atoms with E-state index >= 15 is 0 Å². The highest BCUT2D eigenvalue weighted by molar-refractivity contribution is 5.75. The van der Waals surface area contributed by atoms with Gasteiger partial charge in [-0.15, -0.1) is 0 Å². The fraction of sp³-hybridized carbons (Fsp3) is 0.419. The minimum absolute atomic E-state index is 0.172. The molecule has 0 aliphatic carbocycles. The van der Waals surface area contributed by atoms with Crippen molar-refractivity contribution in [2.75, 3.05) is 0 Å². The molecular weight excluding hydrogens is 372 g/mol. The Morgan fingerprint density at radius 2 is 1.00 bits per heavy atom. The molecule has 0 saturated carbocycles. The van der Waals surface area contributed by atoms with E-state index in [1.165, 1.54) is 55.6 Å². The highest BCUT2D eigenvalue weighted by Crippen LogP contribution is 2.36. The Balaban J connectivity index is 2.05. The zero-order valence-corrected chi connectivity index (χ0v) is 21.3. The van der Waals surface area contributed by atoms with Crippen molar-refractivity contribution in [3.05, 3.63) is 81.9 Å². The lowest BCUT2D eigenvalue weighted by atomic mass is 9.82. The molecule has 0 radical (unpaired) electrons. The molecule has 0 unspecified atom stereocenters. The molecule has 0 amide bonds. The van der Waals surface area contributed by atoms with Gasteiger partial charge in [-0.3, -0.25) is 0 Å². The van der Waals surface area contributed by atoms with E-state index in [1.807, 2.05) is 0 Å². The average Bonchev–Trinajstić information content (AvgIpc) is 2.67. The van der Waals surface area contributed by atoms with Crippen LogP contribution in [0.3, 0.4) is 0 Å². The first-order valence-corrected chi connectivity index (χ1v) is 11.8. The third-order valence-corrected chi connectivity index (χ3v) is 6.64. The van der Waals surface area contributed by atoms with E-state index in [1.54, 1.807) is 0 Å². The second kappa shape index (κ2) is 8.65. The van der Waals surface area contributed by atoms with Gasteiger partial charge in [0.25, 0.3) is 0 Å². The van der Waals surface area contributed by atoms with Crippen LogP contribution >= 0.6 is 0 Å². The van der Waals surface area contributed by atoms with Crippen molar-refractivity contribution in [1.82, 2.24) is 0 Å². The zero-order valence-electron chi connectivity index (χ0n) is 21.3. The summed E-state index contributed by atoms with van der Waals surface area (Å²) in [5.41, 5.74) is 14.0. The Morgan fingerprint density at radius 3 is 1.39 bits per heavy atom. The summed E-state index contributed by atoms with van der Waals surface area (Å²) < 4.78 is 0. The van der Waals surface area contributed by atoms with Crippen LogP contribution in [0.5, 0.6) is 0 Å². The first-order chi connectivity index (χ1) is 14.4. The normalized spacial score (nSPS) is 12.1. The van der Waals surface area contributed by atoms with Gasteiger partial charge < -0.3 is 0 Å². The van der Waals surface area contributed by atoms with Crippen molar-refractivity contribution >= 4 is 0 Å². The van der Waals surface area contributed by atoms with Gasteiger partial charge in [-0.2, -0.15) is 0 Å². The van der Waals surface area contributed by atoms with Crippen LogP contribution in [0.2, 0.25) is 0 Å². The Labute approximate surface area is 190 Å². The molecule has 0 heteroatoms. The summed E-state index contributed by atoms with van der Waals surface area (Å²) in [4.78, 5) is 0. The maximum atomic E-state index is 2.40. The molecule has 0 fully saturated rings. The molecule has 3 rings (SSSR count). The molecule has 0 aromatic heterocycles. The van der Waals surface area contributed by atoms with Gasteiger partial charge in [0.05, 0.1) is 0 Å². The van der Waals surface area contributed by atoms with Gasteiger partial charge in [0.1, 0.15) is 0 Å². The van der Waals surface area contributed by atoms with Gasteiger partial charge in [0.15, 0.2) is 0 Å². The lowest BCUT2D eigenvalue weighted by molar-refractivity contribution is 0.589. The molecule has 0 aliphatic rings. The predicted octanol–water partition coefficient (Wildman–Crippen LogP) is 9.49. The third kappa shape index (κ3) is 4.79. The second-order valence-corrected chi connectivity index (χ2v) is 10.9. The third-order valence-electron chi connectivity index (χ3n) is 6.64. The van der Waals surface area contributed by atoms with Crippen molar-refractivity contribution in [3.8, 4) is 22.3 Å². The van der Waals surface area contributed by atoms with Crippen molar-refractivity contribution in [1.29, 1.82) is 0 Å². The molecule has 0 nitrogen and oxygen atoms in total. The molecule has 164 valence electrons. The first kappa shape index (κ1) is 23.3. The predicted molar refractivity (Wildman–Crippen MR) is 138 cm³/mol. The monoisotopic (exact) mass is 412 g/mol. The summed E-state index contributed by atoms with van der Waals surface area (Å²) in [6, 6.07) is 18.7. The van der Waals surface area contributed by atoms with Gasteiger partial charge in [-0.05, 0) is 93.7 Å². The smallest absolute Gasteiger partial charge is 0.0125 e. The summed E-state index contributed by atoms with van der Waals surface area (Å²) in [5.74, 6) is 1.06. The molecule has 0 bridgehead atoms. The lowest BCUT2D eigenvalue weighted by Gasteiger charge is -2.22. The minimum atomic E-state index is 0.172. The van der Waals surface area contributed by atoms with Crippen molar-refractivity contribution in [2.24, 2.45) is 0 Å². The molecule has 0 atom stereocenters. The number of hydrogen-bond donors (Lipinski definition) is 0. The highest BCUT2D eigenvalue weighted by atomic mass is 14.2. The van der Waals surface area contributed by atoms with Crippen LogP contribution in [0.15, 0.2) is 48.5 Å². The Kier molecular flexibility index (Phi) is 6.51. The van der Waals surface area contributed by atoms with E-state index in [-0.39, 0.29) is 5.41 Å². The molecule has 3 aromatic carbocycles. The van der Waals surface area contributed by atoms with Crippen LogP contribution in [0, 0.1) is 20.8 Å². The summed E-state index contributed by atoms with van der Waals surface area (Å²) in [7, 11) is 0. The van der Waals surface area contributed by atoms with Crippen molar-refractivity contribution in [3.63, 3.8) is 0 Å². The molecule has 0 N–H and O–H groups in total. The number of benzene rings is 3. The maximum absolute atomic E-state index is 2.40. The van der Waals surface area contributed by atoms with Crippen molar-refractivity contribution < 1.29 is 0 Å². The molecular formula is C31H40. The average molecular weight is 413 g/mol. The summed E-state index contributed by atoms with van der Waals surface area (Å²) in [5, 5.41) is 0. The van der Waals surface area contributed by atoms with E-state index < -0.39 is 0 Å². The van der Waals surface area contributed by atoms with E-state index in [0.717, 1.165) is 0 Å². The van der Waals surface area contributed by atoms with Crippen LogP contribution in [-0.2, 0) is 5.41 Å². The van der Waals surface area contributed by atoms with Gasteiger partial charge >= 0.3 is 0 Å². The van der Waals surface area contributed by atoms with E-state index in [0.29, 0.717) is 11.8 Å². The SMILES string of the molecule is Cc1cc(C(C)(C)C)cc(C)c1-c1ccc(-c2cc(C(C)C)c(C)c(C(C)C)c2)cc1. The Bertz CT molecular complexity index is 1020. The van der Waals surface area contributed by atoms with E-state index in [2.05, 4.69) is 118 Å². The Morgan fingerprint density at radius 1 is 0.581 bits per heavy atom. The fourth-order valence-electron chi connectivity index (χ4n) is 4.81. The van der Waals surface area contributed by atoms with Gasteiger partial charge in [0.2, 0.25) is 0 Å².